The van der Waals surface area contributed by atoms with Gasteiger partial charge in [-0.25, -0.2) is 0 Å². The zero-order chi connectivity index (χ0) is 14.1. The first kappa shape index (κ1) is 13.3. The Labute approximate surface area is 125 Å². The van der Waals surface area contributed by atoms with Gasteiger partial charge in [-0.3, -0.25) is 0 Å². The van der Waals surface area contributed by atoms with Crippen LogP contribution in [-0.2, 0) is 0 Å². The number of benzene rings is 2. The second kappa shape index (κ2) is 5.34. The normalized spacial score (nSPS) is 12.8. The van der Waals surface area contributed by atoms with Gasteiger partial charge in [0.05, 0.1) is 6.04 Å². The maximum atomic E-state index is 5.89. The van der Waals surface area contributed by atoms with Crippen molar-refractivity contribution in [1.82, 2.24) is 10.2 Å². The highest BCUT2D eigenvalue weighted by atomic mass is 79.9. The van der Waals surface area contributed by atoms with Crippen LogP contribution in [0, 0.1) is 0 Å². The van der Waals surface area contributed by atoms with Crippen LogP contribution in [0.1, 0.15) is 25.3 Å². The highest BCUT2D eigenvalue weighted by Gasteiger charge is 2.13. The van der Waals surface area contributed by atoms with Crippen molar-refractivity contribution in [1.29, 1.82) is 0 Å². The molecule has 1 unspecified atom stereocenters. The molecule has 4 nitrogen and oxygen atoms in total. The van der Waals surface area contributed by atoms with Crippen LogP contribution >= 0.6 is 15.9 Å². The maximum absolute atomic E-state index is 5.89. The minimum absolute atomic E-state index is 0.201. The summed E-state index contributed by atoms with van der Waals surface area (Å²) in [6.07, 6.45) is 0.771. The Morgan fingerprint density at radius 3 is 2.70 bits per heavy atom. The minimum atomic E-state index is -0.201. The van der Waals surface area contributed by atoms with E-state index in [4.69, 9.17) is 10.2 Å². The van der Waals surface area contributed by atoms with Crippen LogP contribution in [0.4, 0.5) is 0 Å². The molecule has 0 amide bonds. The van der Waals surface area contributed by atoms with Crippen molar-refractivity contribution in [2.45, 2.75) is 19.4 Å². The van der Waals surface area contributed by atoms with E-state index in [2.05, 4.69) is 38.3 Å². The molecule has 1 atom stereocenters. The quantitative estimate of drug-likeness (QED) is 0.785. The molecule has 3 aromatic rings. The van der Waals surface area contributed by atoms with E-state index in [0.717, 1.165) is 27.2 Å². The Hall–Kier alpha value is -1.72. The molecular weight excluding hydrogens is 318 g/mol. The molecule has 0 spiro atoms. The fourth-order valence-electron chi connectivity index (χ4n) is 2.03. The van der Waals surface area contributed by atoms with Gasteiger partial charge in [-0.15, -0.1) is 10.2 Å². The van der Waals surface area contributed by atoms with Gasteiger partial charge in [0.25, 0.3) is 0 Å². The first-order valence-electron chi connectivity index (χ1n) is 6.46. The van der Waals surface area contributed by atoms with Crippen molar-refractivity contribution in [2.75, 3.05) is 0 Å². The van der Waals surface area contributed by atoms with Gasteiger partial charge in [0.1, 0.15) is 0 Å². The maximum Gasteiger partial charge on any atom is 0.247 e. The van der Waals surface area contributed by atoms with Crippen molar-refractivity contribution in [3.63, 3.8) is 0 Å². The van der Waals surface area contributed by atoms with Gasteiger partial charge in [0, 0.05) is 10.0 Å². The molecule has 1 heterocycles. The Morgan fingerprint density at radius 2 is 1.90 bits per heavy atom. The zero-order valence-electron chi connectivity index (χ0n) is 11.0. The third kappa shape index (κ3) is 2.46. The van der Waals surface area contributed by atoms with Crippen LogP contribution in [-0.4, -0.2) is 10.2 Å². The molecule has 0 saturated carbocycles. The molecule has 0 bridgehead atoms. The molecule has 1 aromatic heterocycles. The predicted octanol–water partition coefficient (Wildman–Crippen LogP) is 4.06. The van der Waals surface area contributed by atoms with E-state index in [1.165, 1.54) is 0 Å². The first-order valence-corrected chi connectivity index (χ1v) is 7.25. The van der Waals surface area contributed by atoms with E-state index < -0.39 is 0 Å². The van der Waals surface area contributed by atoms with Crippen molar-refractivity contribution < 1.29 is 4.42 Å². The van der Waals surface area contributed by atoms with Crippen LogP contribution < -0.4 is 5.73 Å². The molecule has 0 aliphatic heterocycles. The number of aromatic nitrogens is 2. The van der Waals surface area contributed by atoms with Crippen molar-refractivity contribution in [3.05, 3.63) is 46.8 Å². The van der Waals surface area contributed by atoms with E-state index >= 15 is 0 Å². The van der Waals surface area contributed by atoms with E-state index in [-0.39, 0.29) is 6.04 Å². The molecule has 0 fully saturated rings. The number of halogens is 1. The van der Waals surface area contributed by atoms with Crippen LogP contribution in [0.2, 0.25) is 0 Å². The second-order valence-corrected chi connectivity index (χ2v) is 5.58. The van der Waals surface area contributed by atoms with Crippen LogP contribution in [0.15, 0.2) is 45.3 Å². The molecule has 0 aliphatic carbocycles. The summed E-state index contributed by atoms with van der Waals surface area (Å²) in [5.74, 6) is 0.993. The Morgan fingerprint density at radius 1 is 1.15 bits per heavy atom. The van der Waals surface area contributed by atoms with Crippen molar-refractivity contribution in [3.8, 4) is 11.5 Å². The molecule has 3 rings (SSSR count). The summed E-state index contributed by atoms with van der Waals surface area (Å²) in [5.41, 5.74) is 6.80. The smallest absolute Gasteiger partial charge is 0.247 e. The molecule has 0 aliphatic rings. The number of fused-ring (bicyclic) bond motifs is 1. The monoisotopic (exact) mass is 331 g/mol. The fraction of sp³-hybridized carbons (Fsp3) is 0.200. The molecule has 5 heteroatoms. The first-order chi connectivity index (χ1) is 9.67. The molecule has 2 aromatic carbocycles. The van der Waals surface area contributed by atoms with E-state index in [9.17, 15) is 0 Å². The predicted molar refractivity (Wildman–Crippen MR) is 82.2 cm³/mol. The van der Waals surface area contributed by atoms with Crippen molar-refractivity contribution in [2.24, 2.45) is 5.73 Å². The Kier molecular flexibility index (Phi) is 3.54. The summed E-state index contributed by atoms with van der Waals surface area (Å²) in [6.45, 7) is 1.99. The number of nitrogens with zero attached hydrogens (tertiary/aromatic N) is 2. The standard InChI is InChI=1S/C15H14BrN3O/c1-2-13(17)15-19-18-14(20-15)11-4-3-10-8-12(16)6-5-9(10)7-11/h3-8,13H,2,17H2,1H3. The number of nitrogens with two attached hydrogens (primary N) is 1. The molecule has 2 N–H and O–H groups in total. The lowest BCUT2D eigenvalue weighted by atomic mass is 10.1. The van der Waals surface area contributed by atoms with E-state index in [1.807, 2.05) is 31.2 Å². The van der Waals surface area contributed by atoms with E-state index in [1.54, 1.807) is 0 Å². The minimum Gasteiger partial charge on any atom is -0.419 e. The lowest BCUT2D eigenvalue weighted by Gasteiger charge is -2.02. The summed E-state index contributed by atoms with van der Waals surface area (Å²) in [4.78, 5) is 0. The van der Waals surface area contributed by atoms with Gasteiger partial charge in [-0.05, 0) is 41.5 Å². The Bertz CT molecular complexity index is 754. The molecule has 102 valence electrons. The van der Waals surface area contributed by atoms with Gasteiger partial charge in [0.15, 0.2) is 0 Å². The average molecular weight is 332 g/mol. The van der Waals surface area contributed by atoms with E-state index in [0.29, 0.717) is 11.8 Å². The van der Waals surface area contributed by atoms with Crippen molar-refractivity contribution >= 4 is 26.7 Å². The van der Waals surface area contributed by atoms with Crippen LogP contribution in [0.3, 0.4) is 0 Å². The molecular formula is C15H14BrN3O. The summed E-state index contributed by atoms with van der Waals surface area (Å²) in [5, 5.41) is 10.4. The fourth-order valence-corrected chi connectivity index (χ4v) is 2.40. The topological polar surface area (TPSA) is 64.9 Å². The van der Waals surface area contributed by atoms with Crippen LogP contribution in [0.5, 0.6) is 0 Å². The number of hydrogen-bond donors (Lipinski definition) is 1. The van der Waals surface area contributed by atoms with Gasteiger partial charge < -0.3 is 10.2 Å². The highest BCUT2D eigenvalue weighted by molar-refractivity contribution is 9.10. The lowest BCUT2D eigenvalue weighted by Crippen LogP contribution is -2.08. The summed E-state index contributed by atoms with van der Waals surface area (Å²) >= 11 is 3.47. The van der Waals surface area contributed by atoms with Gasteiger partial charge in [0.2, 0.25) is 11.8 Å². The second-order valence-electron chi connectivity index (χ2n) is 4.67. The molecule has 0 radical (unpaired) electrons. The van der Waals surface area contributed by atoms with Crippen LogP contribution in [0.25, 0.3) is 22.2 Å². The highest BCUT2D eigenvalue weighted by Crippen LogP contribution is 2.26. The number of hydrogen-bond acceptors (Lipinski definition) is 4. The van der Waals surface area contributed by atoms with Gasteiger partial charge in [-0.1, -0.05) is 35.0 Å². The molecule has 0 saturated heterocycles. The summed E-state index contributed by atoms with van der Waals surface area (Å²) in [7, 11) is 0. The summed E-state index contributed by atoms with van der Waals surface area (Å²) in [6, 6.07) is 12.0. The largest absolute Gasteiger partial charge is 0.419 e. The average Bonchev–Trinajstić information content (AvgIpc) is 2.95. The third-order valence-electron chi connectivity index (χ3n) is 3.25. The molecule has 20 heavy (non-hydrogen) atoms. The Balaban J connectivity index is 2.01. The van der Waals surface area contributed by atoms with Gasteiger partial charge in [-0.2, -0.15) is 0 Å². The zero-order valence-corrected chi connectivity index (χ0v) is 12.6. The van der Waals surface area contributed by atoms with Gasteiger partial charge >= 0.3 is 0 Å². The third-order valence-corrected chi connectivity index (χ3v) is 3.74. The lowest BCUT2D eigenvalue weighted by molar-refractivity contribution is 0.452. The SMILES string of the molecule is CCC(N)c1nnc(-c2ccc3cc(Br)ccc3c2)o1. The number of rotatable bonds is 3. The summed E-state index contributed by atoms with van der Waals surface area (Å²) < 4.78 is 6.70.